The monoisotopic (exact) mass is 301 g/mol. The number of benzene rings is 1. The molecule has 1 aliphatic carbocycles. The summed E-state index contributed by atoms with van der Waals surface area (Å²) in [6.07, 6.45) is 0.724. The Morgan fingerprint density at radius 2 is 2.05 bits per heavy atom. The number of allylic oxidation sites excluding steroid dienone is 4. The summed E-state index contributed by atoms with van der Waals surface area (Å²) in [5.74, 6) is -0.369. The van der Waals surface area contributed by atoms with E-state index < -0.39 is 17.7 Å². The first-order valence-electron chi connectivity index (χ1n) is 6.46. The van der Waals surface area contributed by atoms with Crippen molar-refractivity contribution in [3.63, 3.8) is 0 Å². The van der Waals surface area contributed by atoms with Crippen molar-refractivity contribution in [2.75, 3.05) is 0 Å². The molecule has 22 heavy (non-hydrogen) atoms. The Labute approximate surface area is 124 Å². The molecular formula is C16H10F3N3. The van der Waals surface area contributed by atoms with Crippen LogP contribution in [0.15, 0.2) is 64.3 Å². The van der Waals surface area contributed by atoms with Crippen molar-refractivity contribution in [3.05, 3.63) is 70.5 Å². The fraction of sp³-hybridized carbons (Fsp3) is 0.125. The van der Waals surface area contributed by atoms with Crippen LogP contribution >= 0.6 is 0 Å². The number of hydrogen-bond donors (Lipinski definition) is 1. The minimum atomic E-state index is -4.41. The lowest BCUT2D eigenvalue weighted by molar-refractivity contribution is -0.137. The predicted molar refractivity (Wildman–Crippen MR) is 75.7 cm³/mol. The summed E-state index contributed by atoms with van der Waals surface area (Å²) in [6, 6.07) is 7.05. The third kappa shape index (κ3) is 2.21. The first-order valence-corrected chi connectivity index (χ1v) is 6.46. The molecule has 0 amide bonds. The molecule has 0 spiro atoms. The highest BCUT2D eigenvalue weighted by Crippen LogP contribution is 2.41. The molecule has 2 aliphatic rings. The number of hydrogen-bond acceptors (Lipinski definition) is 3. The summed E-state index contributed by atoms with van der Waals surface area (Å²) in [6.45, 7) is 0. The number of alkyl halides is 3. The topological polar surface area (TPSA) is 62.2 Å². The molecular weight excluding hydrogens is 291 g/mol. The Bertz CT molecular complexity index is 805. The molecule has 110 valence electrons. The molecule has 0 saturated heterocycles. The van der Waals surface area contributed by atoms with Crippen LogP contribution in [0, 0.1) is 11.3 Å². The molecule has 1 aromatic rings. The smallest absolute Gasteiger partial charge is 0.383 e. The van der Waals surface area contributed by atoms with Gasteiger partial charge in [0.1, 0.15) is 17.5 Å². The predicted octanol–water partition coefficient (Wildman–Crippen LogP) is 3.43. The number of halogens is 3. The molecule has 6 heteroatoms. The van der Waals surface area contributed by atoms with Crippen LogP contribution in [0.1, 0.15) is 17.0 Å². The lowest BCUT2D eigenvalue weighted by atomic mass is 9.84. The molecule has 1 atom stereocenters. The number of aliphatic imine (C=N–C) groups is 1. The Balaban J connectivity index is 2.11. The van der Waals surface area contributed by atoms with Crippen molar-refractivity contribution in [1.29, 1.82) is 5.26 Å². The molecule has 1 aliphatic heterocycles. The van der Waals surface area contributed by atoms with Crippen LogP contribution in [0.4, 0.5) is 13.2 Å². The zero-order valence-electron chi connectivity index (χ0n) is 11.2. The summed E-state index contributed by atoms with van der Waals surface area (Å²) < 4.78 is 38.6. The van der Waals surface area contributed by atoms with E-state index in [9.17, 15) is 18.4 Å². The SMILES string of the molecule is N#CC1=C2C(=CC=CC2c2cccc(C(F)(F)F)c2)N=C1N. The molecule has 1 aromatic carbocycles. The Kier molecular flexibility index (Phi) is 3.14. The van der Waals surface area contributed by atoms with E-state index >= 15 is 0 Å². The standard InChI is InChI=1S/C16H10F3N3/c17-16(18,19)10-4-1-3-9(7-10)11-5-2-6-13-14(11)12(8-20)15(21)22-13/h1-7,11H,(H2,21,22). The lowest BCUT2D eigenvalue weighted by Crippen LogP contribution is -2.13. The van der Waals surface area contributed by atoms with E-state index in [1.54, 1.807) is 24.3 Å². The number of nitrogens with zero attached hydrogens (tertiary/aromatic N) is 2. The molecule has 0 aromatic heterocycles. The van der Waals surface area contributed by atoms with Gasteiger partial charge in [-0.1, -0.05) is 30.4 Å². The average Bonchev–Trinajstić information content (AvgIpc) is 2.81. The second-order valence-corrected chi connectivity index (χ2v) is 4.94. The van der Waals surface area contributed by atoms with Gasteiger partial charge in [-0.3, -0.25) is 0 Å². The molecule has 1 heterocycles. The Morgan fingerprint density at radius 3 is 2.73 bits per heavy atom. The zero-order valence-corrected chi connectivity index (χ0v) is 11.2. The van der Waals surface area contributed by atoms with Crippen LogP contribution < -0.4 is 5.73 Å². The van der Waals surface area contributed by atoms with Crippen LogP contribution in [-0.2, 0) is 6.18 Å². The third-order valence-electron chi connectivity index (χ3n) is 3.60. The van der Waals surface area contributed by atoms with Gasteiger partial charge in [-0.15, -0.1) is 0 Å². The van der Waals surface area contributed by atoms with Gasteiger partial charge in [0.2, 0.25) is 0 Å². The molecule has 3 rings (SSSR count). The summed E-state index contributed by atoms with van der Waals surface area (Å²) in [5.41, 5.74) is 6.74. The fourth-order valence-electron chi connectivity index (χ4n) is 2.61. The van der Waals surface area contributed by atoms with Gasteiger partial charge >= 0.3 is 6.18 Å². The fourth-order valence-corrected chi connectivity index (χ4v) is 2.61. The van der Waals surface area contributed by atoms with Crippen LogP contribution in [0.2, 0.25) is 0 Å². The number of fused-ring (bicyclic) bond motifs is 1. The quantitative estimate of drug-likeness (QED) is 0.863. The lowest BCUT2D eigenvalue weighted by Gasteiger charge is -2.20. The van der Waals surface area contributed by atoms with Crippen LogP contribution in [0.3, 0.4) is 0 Å². The highest BCUT2D eigenvalue weighted by molar-refractivity contribution is 6.06. The summed E-state index contributed by atoms with van der Waals surface area (Å²) >= 11 is 0. The normalized spacial score (nSPS) is 20.4. The zero-order chi connectivity index (χ0) is 15.9. The minimum absolute atomic E-state index is 0.101. The number of amidine groups is 1. The van der Waals surface area contributed by atoms with Crippen molar-refractivity contribution >= 4 is 5.84 Å². The first-order chi connectivity index (χ1) is 10.4. The third-order valence-corrected chi connectivity index (χ3v) is 3.60. The molecule has 0 radical (unpaired) electrons. The second kappa shape index (κ2) is 4.88. The average molecular weight is 301 g/mol. The van der Waals surface area contributed by atoms with E-state index in [0.717, 1.165) is 12.1 Å². The van der Waals surface area contributed by atoms with Gasteiger partial charge in [-0.25, -0.2) is 4.99 Å². The molecule has 2 N–H and O–H groups in total. The maximum Gasteiger partial charge on any atom is 0.416 e. The highest BCUT2D eigenvalue weighted by Gasteiger charge is 2.33. The van der Waals surface area contributed by atoms with Crippen molar-refractivity contribution in [2.24, 2.45) is 10.7 Å². The summed E-state index contributed by atoms with van der Waals surface area (Å²) in [5, 5.41) is 9.22. The Morgan fingerprint density at radius 1 is 1.27 bits per heavy atom. The van der Waals surface area contributed by atoms with Gasteiger partial charge in [0.15, 0.2) is 0 Å². The Hall–Kier alpha value is -2.81. The van der Waals surface area contributed by atoms with Crippen molar-refractivity contribution in [1.82, 2.24) is 0 Å². The number of nitrogens with two attached hydrogens (primary N) is 1. The molecule has 0 bridgehead atoms. The summed E-state index contributed by atoms with van der Waals surface area (Å²) in [4.78, 5) is 4.10. The van der Waals surface area contributed by atoms with Gasteiger partial charge < -0.3 is 5.73 Å². The largest absolute Gasteiger partial charge is 0.416 e. The number of nitriles is 1. The van der Waals surface area contributed by atoms with Crippen molar-refractivity contribution in [2.45, 2.75) is 12.1 Å². The van der Waals surface area contributed by atoms with E-state index in [0.29, 0.717) is 16.8 Å². The van der Waals surface area contributed by atoms with Crippen LogP contribution in [0.5, 0.6) is 0 Å². The first kappa shape index (κ1) is 14.1. The molecule has 1 unspecified atom stereocenters. The second-order valence-electron chi connectivity index (χ2n) is 4.94. The highest BCUT2D eigenvalue weighted by atomic mass is 19.4. The van der Waals surface area contributed by atoms with Gasteiger partial charge in [0, 0.05) is 11.5 Å². The van der Waals surface area contributed by atoms with Gasteiger partial charge in [0.25, 0.3) is 0 Å². The van der Waals surface area contributed by atoms with Crippen LogP contribution in [-0.4, -0.2) is 5.84 Å². The van der Waals surface area contributed by atoms with E-state index in [1.165, 1.54) is 6.07 Å². The van der Waals surface area contributed by atoms with E-state index in [-0.39, 0.29) is 11.4 Å². The maximum absolute atomic E-state index is 12.9. The molecule has 0 fully saturated rings. The molecule has 3 nitrogen and oxygen atoms in total. The van der Waals surface area contributed by atoms with E-state index in [4.69, 9.17) is 5.73 Å². The van der Waals surface area contributed by atoms with Gasteiger partial charge in [0.05, 0.1) is 11.3 Å². The minimum Gasteiger partial charge on any atom is -0.383 e. The van der Waals surface area contributed by atoms with Crippen molar-refractivity contribution < 1.29 is 13.2 Å². The van der Waals surface area contributed by atoms with E-state index in [1.807, 2.05) is 6.07 Å². The number of rotatable bonds is 1. The molecule has 0 saturated carbocycles. The van der Waals surface area contributed by atoms with Gasteiger partial charge in [-0.05, 0) is 17.7 Å². The van der Waals surface area contributed by atoms with E-state index in [2.05, 4.69) is 4.99 Å². The van der Waals surface area contributed by atoms with Crippen LogP contribution in [0.25, 0.3) is 0 Å². The van der Waals surface area contributed by atoms with Gasteiger partial charge in [-0.2, -0.15) is 18.4 Å². The summed E-state index contributed by atoms with van der Waals surface area (Å²) in [7, 11) is 0. The van der Waals surface area contributed by atoms with Crippen molar-refractivity contribution in [3.8, 4) is 6.07 Å². The maximum atomic E-state index is 12.9.